The Bertz CT molecular complexity index is 1340. The van der Waals surface area contributed by atoms with Gasteiger partial charge in [0.1, 0.15) is 16.4 Å². The fourth-order valence-electron chi connectivity index (χ4n) is 4.72. The Balaban J connectivity index is 1.98. The van der Waals surface area contributed by atoms with Gasteiger partial charge < -0.3 is 13.9 Å². The van der Waals surface area contributed by atoms with Crippen molar-refractivity contribution in [2.24, 2.45) is 0 Å². The molecule has 0 aromatic heterocycles. The molecule has 0 aliphatic heterocycles. The van der Waals surface area contributed by atoms with Crippen LogP contribution in [-0.4, -0.2) is 42.3 Å². The van der Waals surface area contributed by atoms with Crippen LogP contribution in [0.3, 0.4) is 0 Å². The fraction of sp³-hybridized carbons (Fsp3) is 0.438. The topological polar surface area (TPSA) is 61.8 Å². The van der Waals surface area contributed by atoms with Crippen LogP contribution in [0.25, 0.3) is 0 Å². The molecule has 3 aromatic carbocycles. The highest BCUT2D eigenvalue weighted by atomic mass is 35.5. The molecule has 0 atom stereocenters. The van der Waals surface area contributed by atoms with Gasteiger partial charge in [-0.25, -0.2) is 8.42 Å². The zero-order valence-corrected chi connectivity index (χ0v) is 27.7. The van der Waals surface area contributed by atoms with Gasteiger partial charge in [-0.2, -0.15) is 0 Å². The number of benzene rings is 3. The summed E-state index contributed by atoms with van der Waals surface area (Å²) in [6.45, 7) is 14.5. The zero-order valence-electron chi connectivity index (χ0n) is 25.2. The Morgan fingerprint density at radius 2 is 1.23 bits per heavy atom. The van der Waals surface area contributed by atoms with E-state index in [1.54, 1.807) is 14.2 Å². The average molecular weight is 603 g/mol. The molecule has 3 rings (SSSR count). The first-order valence-electron chi connectivity index (χ1n) is 13.4. The molecule has 0 unspecified atom stereocenters. The summed E-state index contributed by atoms with van der Waals surface area (Å²) in [5.74, 6) is 1.27. The summed E-state index contributed by atoms with van der Waals surface area (Å²) in [7, 11) is -2.41. The highest BCUT2D eigenvalue weighted by molar-refractivity contribution is 7.90. The van der Waals surface area contributed by atoms with Crippen molar-refractivity contribution in [2.45, 2.75) is 69.0 Å². The molecule has 0 spiro atoms. The molecule has 0 heterocycles. The number of halogens is 1. The number of rotatable bonds is 11. The van der Waals surface area contributed by atoms with E-state index in [-0.39, 0.29) is 16.5 Å². The number of sulfone groups is 1. The van der Waals surface area contributed by atoms with E-state index in [2.05, 4.69) is 33.9 Å². The lowest BCUT2D eigenvalue weighted by molar-refractivity contribution is 0.115. The second-order valence-corrected chi connectivity index (χ2v) is 19.8. The summed E-state index contributed by atoms with van der Waals surface area (Å²) in [4.78, 5) is -1.07. The van der Waals surface area contributed by atoms with Gasteiger partial charge in [0.05, 0.1) is 31.3 Å². The van der Waals surface area contributed by atoms with Crippen LogP contribution in [0.4, 0.5) is 0 Å². The lowest BCUT2D eigenvalue weighted by Gasteiger charge is -2.42. The SMILES string of the molecule is COc1ccc(C(Cl)(c2ccc(OC)cc2)c2cccc(CS(=O)(=O)CC(C)(C)O[Si](C)(C)C(C)(C)C)c2)cc1. The fourth-order valence-corrected chi connectivity index (χ4v) is 8.87. The van der Waals surface area contributed by atoms with Gasteiger partial charge in [0.15, 0.2) is 18.2 Å². The molecule has 0 aliphatic rings. The molecule has 0 saturated heterocycles. The number of ether oxygens (including phenoxy) is 2. The maximum atomic E-state index is 13.5. The summed E-state index contributed by atoms with van der Waals surface area (Å²) in [6, 6.07) is 22.7. The predicted molar refractivity (Wildman–Crippen MR) is 168 cm³/mol. The average Bonchev–Trinajstić information content (AvgIpc) is 2.86. The Morgan fingerprint density at radius 1 is 0.750 bits per heavy atom. The van der Waals surface area contributed by atoms with Gasteiger partial charge in [-0.15, -0.1) is 11.6 Å². The third-order valence-corrected chi connectivity index (χ3v) is 14.8. The number of hydrogen-bond acceptors (Lipinski definition) is 5. The molecule has 0 aliphatic carbocycles. The minimum atomic E-state index is -3.50. The lowest BCUT2D eigenvalue weighted by Crippen LogP contribution is -2.50. The van der Waals surface area contributed by atoms with E-state index in [1.165, 1.54) is 0 Å². The van der Waals surface area contributed by atoms with E-state index in [4.69, 9.17) is 25.5 Å². The Labute approximate surface area is 246 Å². The molecule has 0 radical (unpaired) electrons. The van der Waals surface area contributed by atoms with E-state index < -0.39 is 28.6 Å². The highest BCUT2D eigenvalue weighted by Gasteiger charge is 2.43. The van der Waals surface area contributed by atoms with E-state index in [0.717, 1.165) is 28.2 Å². The van der Waals surface area contributed by atoms with Crippen LogP contribution in [0.15, 0.2) is 72.8 Å². The molecule has 3 aromatic rings. The molecule has 0 fully saturated rings. The summed E-state index contributed by atoms with van der Waals surface area (Å²) in [5, 5.41) is -0.0189. The number of hydrogen-bond donors (Lipinski definition) is 0. The van der Waals surface area contributed by atoms with Crippen LogP contribution >= 0.6 is 11.6 Å². The quantitative estimate of drug-likeness (QED) is 0.127. The third-order valence-electron chi connectivity index (χ3n) is 7.59. The van der Waals surface area contributed by atoms with Gasteiger partial charge in [0.2, 0.25) is 0 Å². The molecule has 0 bridgehead atoms. The molecule has 0 saturated carbocycles. The van der Waals surface area contributed by atoms with Crippen molar-refractivity contribution in [2.75, 3.05) is 20.0 Å². The largest absolute Gasteiger partial charge is 0.497 e. The van der Waals surface area contributed by atoms with Crippen molar-refractivity contribution in [3.63, 3.8) is 0 Å². The summed E-state index contributed by atoms with van der Waals surface area (Å²) < 4.78 is 44.2. The molecule has 0 N–H and O–H groups in total. The van der Waals surface area contributed by atoms with Gasteiger partial charge in [-0.05, 0) is 78.5 Å². The minimum Gasteiger partial charge on any atom is -0.497 e. The van der Waals surface area contributed by atoms with Crippen LogP contribution in [0, 0.1) is 0 Å². The van der Waals surface area contributed by atoms with Crippen molar-refractivity contribution in [3.8, 4) is 11.5 Å². The van der Waals surface area contributed by atoms with Gasteiger partial charge in [0.25, 0.3) is 0 Å². The lowest BCUT2D eigenvalue weighted by atomic mass is 9.83. The summed E-state index contributed by atoms with van der Waals surface area (Å²) in [5.41, 5.74) is 2.32. The van der Waals surface area contributed by atoms with Crippen LogP contribution in [0.1, 0.15) is 56.9 Å². The van der Waals surface area contributed by atoms with Crippen molar-refractivity contribution in [1.29, 1.82) is 0 Å². The first-order valence-corrected chi connectivity index (χ1v) is 18.5. The molecule has 0 amide bonds. The normalized spacial score (nSPS) is 13.2. The molecular weight excluding hydrogens is 560 g/mol. The molecular formula is C32H43ClO5SSi. The summed E-state index contributed by atoms with van der Waals surface area (Å²) >= 11 is 7.53. The van der Waals surface area contributed by atoms with Crippen LogP contribution in [-0.2, 0) is 24.9 Å². The standard InChI is InChI=1S/C32H43ClO5SSi/c1-30(2,3)40(8,9)38-31(4,5)23-39(34,35)22-24-11-10-12-27(21-24)32(33,25-13-17-28(36-6)18-14-25)26-15-19-29(37-7)20-16-26/h10-21H,22-23H2,1-9H3. The first-order chi connectivity index (χ1) is 18.4. The van der Waals surface area contributed by atoms with Crippen LogP contribution in [0.5, 0.6) is 11.5 Å². The third kappa shape index (κ3) is 7.49. The van der Waals surface area contributed by atoms with Gasteiger partial charge in [0, 0.05) is 0 Å². The smallest absolute Gasteiger partial charge is 0.192 e. The van der Waals surface area contributed by atoms with E-state index >= 15 is 0 Å². The Hall–Kier alpha value is -2.32. The van der Waals surface area contributed by atoms with Crippen molar-refractivity contribution >= 4 is 29.8 Å². The second kappa shape index (κ2) is 11.9. The van der Waals surface area contributed by atoms with E-state index in [0.29, 0.717) is 5.56 Å². The van der Waals surface area contributed by atoms with Crippen LogP contribution in [0.2, 0.25) is 18.1 Å². The monoisotopic (exact) mass is 602 g/mol. The van der Waals surface area contributed by atoms with Crippen LogP contribution < -0.4 is 9.47 Å². The van der Waals surface area contributed by atoms with Gasteiger partial charge >= 0.3 is 0 Å². The first kappa shape index (κ1) is 32.2. The molecule has 218 valence electrons. The molecule has 40 heavy (non-hydrogen) atoms. The Kier molecular flexibility index (Phi) is 9.56. The maximum absolute atomic E-state index is 13.5. The van der Waals surface area contributed by atoms with E-state index in [1.807, 2.05) is 86.6 Å². The van der Waals surface area contributed by atoms with Crippen molar-refractivity contribution in [3.05, 3.63) is 95.1 Å². The van der Waals surface area contributed by atoms with E-state index in [9.17, 15) is 8.42 Å². The number of alkyl halides is 1. The van der Waals surface area contributed by atoms with Crippen molar-refractivity contribution in [1.82, 2.24) is 0 Å². The van der Waals surface area contributed by atoms with Gasteiger partial charge in [-0.1, -0.05) is 69.3 Å². The van der Waals surface area contributed by atoms with Gasteiger partial charge in [-0.3, -0.25) is 0 Å². The second-order valence-electron chi connectivity index (χ2n) is 12.5. The number of methoxy groups -OCH3 is 2. The molecule has 5 nitrogen and oxygen atoms in total. The summed E-state index contributed by atoms with van der Waals surface area (Å²) in [6.07, 6.45) is 0. The maximum Gasteiger partial charge on any atom is 0.192 e. The van der Waals surface area contributed by atoms with Crippen molar-refractivity contribution < 1.29 is 22.3 Å². The highest BCUT2D eigenvalue weighted by Crippen LogP contribution is 2.44. The predicted octanol–water partition coefficient (Wildman–Crippen LogP) is 7.95. The molecule has 8 heteroatoms. The Morgan fingerprint density at radius 3 is 1.65 bits per heavy atom. The minimum absolute atomic E-state index is 0.0189. The zero-order chi connectivity index (χ0) is 30.0.